The number of ketones is 1. The molecule has 0 bridgehead atoms. The minimum absolute atomic E-state index is 0.158. The highest BCUT2D eigenvalue weighted by atomic mass is 16.3. The van der Waals surface area contributed by atoms with Crippen LogP contribution in [-0.4, -0.2) is 20.4 Å². The van der Waals surface area contributed by atoms with E-state index in [0.29, 0.717) is 11.3 Å². The van der Waals surface area contributed by atoms with Crippen molar-refractivity contribution in [3.63, 3.8) is 0 Å². The highest BCUT2D eigenvalue weighted by Crippen LogP contribution is 2.29. The molecule has 1 heterocycles. The number of aryl methyl sites for hydroxylation is 1. The van der Waals surface area contributed by atoms with E-state index in [4.69, 9.17) is 0 Å². The molecule has 3 aromatic rings. The normalized spacial score (nSPS) is 14.3. The second-order valence-electron chi connectivity index (χ2n) is 6.51. The zero-order valence-electron chi connectivity index (χ0n) is 15.0. The number of aromatic nitrogens is 2. The van der Waals surface area contributed by atoms with Crippen LogP contribution in [0.25, 0.3) is 23.4 Å². The van der Waals surface area contributed by atoms with Crippen LogP contribution in [0.4, 0.5) is 0 Å². The summed E-state index contributed by atoms with van der Waals surface area (Å²) in [5.41, 5.74) is 1.37. The van der Waals surface area contributed by atoms with Crippen molar-refractivity contribution >= 4 is 23.5 Å². The molecule has 2 aromatic carbocycles. The van der Waals surface area contributed by atoms with Crippen LogP contribution in [0.15, 0.2) is 64.2 Å². The summed E-state index contributed by atoms with van der Waals surface area (Å²) in [7, 11) is 0. The van der Waals surface area contributed by atoms with Gasteiger partial charge in [0.2, 0.25) is 5.88 Å². The lowest BCUT2D eigenvalue weighted by Crippen LogP contribution is -2.30. The van der Waals surface area contributed by atoms with Gasteiger partial charge in [0.15, 0.2) is 5.78 Å². The first-order valence-electron chi connectivity index (χ1n) is 8.64. The first-order chi connectivity index (χ1) is 13.5. The summed E-state index contributed by atoms with van der Waals surface area (Å²) < 4.78 is 1.01. The second kappa shape index (κ2) is 6.66. The van der Waals surface area contributed by atoms with Crippen LogP contribution in [0, 0.1) is 6.92 Å². The molecular formula is C22H16N2O4. The Morgan fingerprint density at radius 3 is 2.57 bits per heavy atom. The van der Waals surface area contributed by atoms with Gasteiger partial charge in [-0.05, 0) is 47.9 Å². The van der Waals surface area contributed by atoms with Gasteiger partial charge >= 0.3 is 5.69 Å². The van der Waals surface area contributed by atoms with Crippen molar-refractivity contribution in [3.8, 4) is 11.6 Å². The van der Waals surface area contributed by atoms with Gasteiger partial charge in [0, 0.05) is 5.57 Å². The fraction of sp³-hybridized carbons (Fsp3) is 0.0455. The Bertz CT molecular complexity index is 1290. The van der Waals surface area contributed by atoms with Crippen molar-refractivity contribution in [2.24, 2.45) is 0 Å². The van der Waals surface area contributed by atoms with Gasteiger partial charge in [-0.2, -0.15) is 0 Å². The molecule has 0 saturated carbocycles. The molecule has 0 unspecified atom stereocenters. The van der Waals surface area contributed by atoms with Gasteiger partial charge in [-0.1, -0.05) is 42.5 Å². The number of hydrogen-bond acceptors (Lipinski definition) is 4. The first-order valence-corrected chi connectivity index (χ1v) is 8.64. The number of carbonyl (C=O) groups is 1. The summed E-state index contributed by atoms with van der Waals surface area (Å²) in [4.78, 5) is 39.4. The van der Waals surface area contributed by atoms with Crippen molar-refractivity contribution < 1.29 is 9.90 Å². The first kappa shape index (κ1) is 17.5. The monoisotopic (exact) mass is 372 g/mol. The van der Waals surface area contributed by atoms with Gasteiger partial charge in [0.25, 0.3) is 5.56 Å². The van der Waals surface area contributed by atoms with E-state index in [-0.39, 0.29) is 16.9 Å². The van der Waals surface area contributed by atoms with E-state index in [9.17, 15) is 19.5 Å². The quantitative estimate of drug-likeness (QED) is 0.677. The summed E-state index contributed by atoms with van der Waals surface area (Å²) in [6.07, 6.45) is 4.44. The SMILES string of the molecule is Cc1cccc(-n2c(O)c(C=C3C(=O)C=Cc4ccccc43)c(=O)[nH]c2=O)c1. The number of hydrogen-bond donors (Lipinski definition) is 2. The Morgan fingerprint density at radius 2 is 1.79 bits per heavy atom. The highest BCUT2D eigenvalue weighted by molar-refractivity contribution is 6.33. The maximum atomic E-state index is 12.4. The average molecular weight is 372 g/mol. The van der Waals surface area contributed by atoms with E-state index in [0.717, 1.165) is 15.7 Å². The molecule has 1 aromatic heterocycles. The number of benzene rings is 2. The minimum Gasteiger partial charge on any atom is -0.494 e. The molecule has 2 N–H and O–H groups in total. The number of nitrogens with zero attached hydrogens (tertiary/aromatic N) is 1. The largest absolute Gasteiger partial charge is 0.494 e. The van der Waals surface area contributed by atoms with Gasteiger partial charge in [0.1, 0.15) is 5.56 Å². The number of rotatable bonds is 2. The predicted molar refractivity (Wildman–Crippen MR) is 107 cm³/mol. The number of aromatic amines is 1. The molecular weight excluding hydrogens is 356 g/mol. The van der Waals surface area contributed by atoms with Crippen LogP contribution in [0.1, 0.15) is 22.3 Å². The molecule has 0 spiro atoms. The van der Waals surface area contributed by atoms with Crippen LogP contribution in [-0.2, 0) is 4.79 Å². The van der Waals surface area contributed by atoms with Crippen molar-refractivity contribution in [2.45, 2.75) is 6.92 Å². The molecule has 6 heteroatoms. The molecule has 0 saturated heterocycles. The van der Waals surface area contributed by atoms with Gasteiger partial charge in [-0.25, -0.2) is 9.36 Å². The number of H-pyrrole nitrogens is 1. The molecule has 0 amide bonds. The summed E-state index contributed by atoms with van der Waals surface area (Å²) in [5, 5.41) is 10.7. The van der Waals surface area contributed by atoms with Crippen LogP contribution < -0.4 is 11.2 Å². The lowest BCUT2D eigenvalue weighted by molar-refractivity contribution is -0.109. The Labute approximate surface area is 159 Å². The van der Waals surface area contributed by atoms with Crippen LogP contribution in [0.3, 0.4) is 0 Å². The van der Waals surface area contributed by atoms with E-state index in [1.54, 1.807) is 36.4 Å². The summed E-state index contributed by atoms with van der Waals surface area (Å²) in [6, 6.07) is 14.2. The van der Waals surface area contributed by atoms with E-state index < -0.39 is 17.1 Å². The van der Waals surface area contributed by atoms with E-state index in [1.807, 2.05) is 25.1 Å². The topological polar surface area (TPSA) is 92.2 Å². The number of fused-ring (bicyclic) bond motifs is 1. The molecule has 4 rings (SSSR count). The van der Waals surface area contributed by atoms with E-state index >= 15 is 0 Å². The van der Waals surface area contributed by atoms with Crippen molar-refractivity contribution in [2.75, 3.05) is 0 Å². The van der Waals surface area contributed by atoms with E-state index in [2.05, 4.69) is 4.98 Å². The minimum atomic E-state index is -0.765. The van der Waals surface area contributed by atoms with Crippen molar-refractivity contribution in [1.29, 1.82) is 0 Å². The third kappa shape index (κ3) is 2.91. The zero-order valence-corrected chi connectivity index (χ0v) is 15.0. The number of nitrogens with one attached hydrogen (secondary N) is 1. The summed E-state index contributed by atoms with van der Waals surface area (Å²) in [5.74, 6) is -0.808. The lowest BCUT2D eigenvalue weighted by atomic mass is 9.90. The van der Waals surface area contributed by atoms with Crippen LogP contribution in [0.5, 0.6) is 5.88 Å². The third-order valence-corrected chi connectivity index (χ3v) is 4.60. The van der Waals surface area contributed by atoms with Gasteiger partial charge in [0.05, 0.1) is 5.69 Å². The zero-order chi connectivity index (χ0) is 19.8. The van der Waals surface area contributed by atoms with Crippen molar-refractivity contribution in [1.82, 2.24) is 9.55 Å². The molecule has 0 aliphatic heterocycles. The molecule has 1 aliphatic carbocycles. The maximum absolute atomic E-state index is 12.4. The third-order valence-electron chi connectivity index (χ3n) is 4.60. The number of carbonyl (C=O) groups excluding carboxylic acids is 1. The number of allylic oxidation sites excluding steroid dienone is 2. The second-order valence-corrected chi connectivity index (χ2v) is 6.51. The van der Waals surface area contributed by atoms with Gasteiger partial charge < -0.3 is 5.11 Å². The highest BCUT2D eigenvalue weighted by Gasteiger charge is 2.20. The lowest BCUT2D eigenvalue weighted by Gasteiger charge is -2.14. The van der Waals surface area contributed by atoms with Crippen LogP contribution >= 0.6 is 0 Å². The fourth-order valence-corrected chi connectivity index (χ4v) is 3.24. The maximum Gasteiger partial charge on any atom is 0.335 e. The Balaban J connectivity index is 1.97. The van der Waals surface area contributed by atoms with Gasteiger partial charge in [-0.3, -0.25) is 14.6 Å². The summed E-state index contributed by atoms with van der Waals surface area (Å²) in [6.45, 7) is 1.85. The van der Waals surface area contributed by atoms with Gasteiger partial charge in [-0.15, -0.1) is 0 Å². The molecule has 0 radical (unpaired) electrons. The average Bonchev–Trinajstić information content (AvgIpc) is 2.66. The molecule has 0 atom stereocenters. The fourth-order valence-electron chi connectivity index (χ4n) is 3.24. The standard InChI is InChI=1S/C22H16N2O4/c1-13-5-4-7-15(11-13)24-21(27)18(20(26)23-22(24)28)12-17-16-8-3-2-6-14(16)9-10-19(17)25/h2-12,27H,1H3,(H,23,26,28). The Morgan fingerprint density at radius 1 is 1.00 bits per heavy atom. The molecule has 138 valence electrons. The smallest absolute Gasteiger partial charge is 0.335 e. The summed E-state index contributed by atoms with van der Waals surface area (Å²) >= 11 is 0. The predicted octanol–water partition coefficient (Wildman–Crippen LogP) is 2.68. The molecule has 1 aliphatic rings. The van der Waals surface area contributed by atoms with Crippen molar-refractivity contribution in [3.05, 3.63) is 97.7 Å². The Kier molecular flexibility index (Phi) is 4.16. The Hall–Kier alpha value is -3.93. The molecule has 0 fully saturated rings. The molecule has 28 heavy (non-hydrogen) atoms. The van der Waals surface area contributed by atoms with E-state index in [1.165, 1.54) is 12.2 Å². The number of aromatic hydroxyl groups is 1. The molecule has 6 nitrogen and oxygen atoms in total. The van der Waals surface area contributed by atoms with Crippen LogP contribution in [0.2, 0.25) is 0 Å².